The maximum Gasteiger partial charge on any atom is 0.203 e. The molecule has 5 heteroatoms. The van der Waals surface area contributed by atoms with Crippen LogP contribution in [0.4, 0.5) is 0 Å². The Morgan fingerprint density at radius 2 is 1.29 bits per heavy atom. The van der Waals surface area contributed by atoms with Crippen molar-refractivity contribution >= 4 is 15.6 Å². The standard InChI is InChI=1S/C30H24O4S/c31-30(26-15-6-2-7-16-26)29(22-23-35(32,33)27-17-8-3-9-18-27)34-28-19-11-10-14-25(28)21-20-24-12-4-1-5-13-24/h1-19,29H,22-23H2/t29-/m0/s1. The van der Waals surface area contributed by atoms with Crippen LogP contribution in [0.1, 0.15) is 27.9 Å². The molecule has 4 rings (SSSR count). The molecule has 0 aliphatic heterocycles. The van der Waals surface area contributed by atoms with Crippen molar-refractivity contribution in [3.05, 3.63) is 132 Å². The zero-order chi connectivity index (χ0) is 24.5. The third-order valence-electron chi connectivity index (χ3n) is 5.37. The smallest absolute Gasteiger partial charge is 0.203 e. The summed E-state index contributed by atoms with van der Waals surface area (Å²) in [6, 6.07) is 33.7. The highest BCUT2D eigenvalue weighted by Gasteiger charge is 2.26. The molecule has 0 aliphatic rings. The van der Waals surface area contributed by atoms with E-state index in [2.05, 4.69) is 11.8 Å². The van der Waals surface area contributed by atoms with Crippen LogP contribution in [0.2, 0.25) is 0 Å². The molecule has 0 amide bonds. The van der Waals surface area contributed by atoms with Gasteiger partial charge in [-0.2, -0.15) is 0 Å². The molecule has 0 spiro atoms. The Bertz CT molecular complexity index is 1440. The number of hydrogen-bond acceptors (Lipinski definition) is 4. The fourth-order valence-corrected chi connectivity index (χ4v) is 4.86. The van der Waals surface area contributed by atoms with Crippen LogP contribution in [0, 0.1) is 11.8 Å². The van der Waals surface area contributed by atoms with Gasteiger partial charge in [0.1, 0.15) is 5.75 Å². The summed E-state index contributed by atoms with van der Waals surface area (Å²) in [4.78, 5) is 13.6. The minimum absolute atomic E-state index is 0.00536. The lowest BCUT2D eigenvalue weighted by Gasteiger charge is -2.19. The summed E-state index contributed by atoms with van der Waals surface area (Å²) in [5.41, 5.74) is 1.93. The van der Waals surface area contributed by atoms with Gasteiger partial charge in [-0.05, 0) is 36.4 Å². The summed E-state index contributed by atoms with van der Waals surface area (Å²) < 4.78 is 31.9. The van der Waals surface area contributed by atoms with Crippen LogP contribution in [-0.2, 0) is 9.84 Å². The summed E-state index contributed by atoms with van der Waals surface area (Å²) in [5.74, 6) is 6.14. The van der Waals surface area contributed by atoms with Gasteiger partial charge in [-0.15, -0.1) is 0 Å². The van der Waals surface area contributed by atoms with Gasteiger partial charge in [0, 0.05) is 17.5 Å². The zero-order valence-corrected chi connectivity index (χ0v) is 19.8. The van der Waals surface area contributed by atoms with Crippen LogP contribution in [0.25, 0.3) is 0 Å². The van der Waals surface area contributed by atoms with E-state index in [1.54, 1.807) is 66.7 Å². The van der Waals surface area contributed by atoms with Crippen LogP contribution >= 0.6 is 0 Å². The van der Waals surface area contributed by atoms with Gasteiger partial charge < -0.3 is 4.74 Å². The lowest BCUT2D eigenvalue weighted by atomic mass is 10.0. The molecule has 1 atom stereocenters. The van der Waals surface area contributed by atoms with Gasteiger partial charge in [0.15, 0.2) is 15.9 Å². The summed E-state index contributed by atoms with van der Waals surface area (Å²) in [6.07, 6.45) is -0.985. The number of para-hydroxylation sites is 1. The molecule has 0 radical (unpaired) electrons. The minimum atomic E-state index is -3.58. The van der Waals surface area contributed by atoms with Crippen molar-refractivity contribution in [3.63, 3.8) is 0 Å². The monoisotopic (exact) mass is 480 g/mol. The molecule has 0 N–H and O–H groups in total. The third-order valence-corrected chi connectivity index (χ3v) is 7.14. The predicted octanol–water partition coefficient (Wildman–Crippen LogP) is 5.58. The molecule has 0 saturated carbocycles. The number of benzene rings is 4. The van der Waals surface area contributed by atoms with Gasteiger partial charge in [-0.3, -0.25) is 4.79 Å². The molecule has 0 aromatic heterocycles. The molecule has 0 aliphatic carbocycles. The Morgan fingerprint density at radius 1 is 0.714 bits per heavy atom. The number of Topliss-reactive ketones (excluding diaryl/α,β-unsaturated/α-hetero) is 1. The van der Waals surface area contributed by atoms with E-state index in [0.29, 0.717) is 16.9 Å². The van der Waals surface area contributed by atoms with Gasteiger partial charge in [0.25, 0.3) is 0 Å². The Morgan fingerprint density at radius 3 is 1.97 bits per heavy atom. The van der Waals surface area contributed by atoms with Gasteiger partial charge in [0.2, 0.25) is 5.78 Å². The number of rotatable bonds is 8. The largest absolute Gasteiger partial charge is 0.481 e. The van der Waals surface area contributed by atoms with Crippen molar-refractivity contribution in [2.75, 3.05) is 5.75 Å². The van der Waals surface area contributed by atoms with E-state index in [0.717, 1.165) is 5.56 Å². The quantitative estimate of drug-likeness (QED) is 0.244. The first kappa shape index (κ1) is 24.0. The number of carbonyl (C=O) groups is 1. The molecule has 174 valence electrons. The Hall–Kier alpha value is -4.14. The second-order valence-electron chi connectivity index (χ2n) is 7.87. The van der Waals surface area contributed by atoms with E-state index in [4.69, 9.17) is 4.74 Å². The topological polar surface area (TPSA) is 60.4 Å². The van der Waals surface area contributed by atoms with E-state index in [9.17, 15) is 13.2 Å². The molecule has 4 aromatic rings. The highest BCUT2D eigenvalue weighted by Crippen LogP contribution is 2.23. The highest BCUT2D eigenvalue weighted by atomic mass is 32.2. The molecule has 0 unspecified atom stereocenters. The maximum absolute atomic E-state index is 13.3. The van der Waals surface area contributed by atoms with Crippen molar-refractivity contribution in [2.45, 2.75) is 17.4 Å². The molecule has 0 heterocycles. The predicted molar refractivity (Wildman–Crippen MR) is 137 cm³/mol. The lowest BCUT2D eigenvalue weighted by Crippen LogP contribution is -2.30. The Labute approximate surface area is 206 Å². The first-order valence-electron chi connectivity index (χ1n) is 11.2. The summed E-state index contributed by atoms with van der Waals surface area (Å²) in [7, 11) is -3.58. The van der Waals surface area contributed by atoms with Crippen molar-refractivity contribution in [1.29, 1.82) is 0 Å². The molecule has 0 fully saturated rings. The van der Waals surface area contributed by atoms with E-state index < -0.39 is 15.9 Å². The first-order chi connectivity index (χ1) is 17.0. The number of carbonyl (C=O) groups excluding carboxylic acids is 1. The number of sulfone groups is 1. The number of ketones is 1. The van der Waals surface area contributed by atoms with E-state index >= 15 is 0 Å². The van der Waals surface area contributed by atoms with Crippen LogP contribution in [0.15, 0.2) is 120 Å². The van der Waals surface area contributed by atoms with Crippen LogP contribution in [-0.4, -0.2) is 26.1 Å². The number of ether oxygens (including phenoxy) is 1. The van der Waals surface area contributed by atoms with Gasteiger partial charge in [-0.1, -0.05) is 90.7 Å². The molecule has 4 aromatic carbocycles. The van der Waals surface area contributed by atoms with Crippen LogP contribution < -0.4 is 4.74 Å². The van der Waals surface area contributed by atoms with Crippen LogP contribution in [0.5, 0.6) is 5.75 Å². The van der Waals surface area contributed by atoms with E-state index in [1.807, 2.05) is 48.5 Å². The average Bonchev–Trinajstić information content (AvgIpc) is 2.91. The van der Waals surface area contributed by atoms with Gasteiger partial charge in [-0.25, -0.2) is 8.42 Å². The molecular weight excluding hydrogens is 456 g/mol. The van der Waals surface area contributed by atoms with Crippen LogP contribution in [0.3, 0.4) is 0 Å². The Kier molecular flexibility index (Phi) is 7.77. The second kappa shape index (κ2) is 11.3. The summed E-state index contributed by atoms with van der Waals surface area (Å²) >= 11 is 0. The molecule has 0 saturated heterocycles. The molecule has 35 heavy (non-hydrogen) atoms. The van der Waals surface area contributed by atoms with Gasteiger partial charge in [0.05, 0.1) is 16.2 Å². The summed E-state index contributed by atoms with van der Waals surface area (Å²) in [5, 5.41) is 0. The van der Waals surface area contributed by atoms with Crippen molar-refractivity contribution in [2.24, 2.45) is 0 Å². The molecule has 4 nitrogen and oxygen atoms in total. The van der Waals surface area contributed by atoms with Crippen molar-refractivity contribution < 1.29 is 17.9 Å². The minimum Gasteiger partial charge on any atom is -0.481 e. The van der Waals surface area contributed by atoms with Crippen molar-refractivity contribution in [3.8, 4) is 17.6 Å². The maximum atomic E-state index is 13.3. The van der Waals surface area contributed by atoms with Gasteiger partial charge >= 0.3 is 0 Å². The summed E-state index contributed by atoms with van der Waals surface area (Å²) in [6.45, 7) is 0. The second-order valence-corrected chi connectivity index (χ2v) is 9.98. The lowest BCUT2D eigenvalue weighted by molar-refractivity contribution is 0.0787. The fraction of sp³-hybridized carbons (Fsp3) is 0.100. The zero-order valence-electron chi connectivity index (χ0n) is 19.0. The average molecular weight is 481 g/mol. The van der Waals surface area contributed by atoms with E-state index in [1.165, 1.54) is 0 Å². The van der Waals surface area contributed by atoms with Crippen molar-refractivity contribution in [1.82, 2.24) is 0 Å². The molecule has 0 bridgehead atoms. The molecular formula is C30H24O4S. The first-order valence-corrected chi connectivity index (χ1v) is 12.9. The third kappa shape index (κ3) is 6.47. The fourth-order valence-electron chi connectivity index (χ4n) is 3.53. The Balaban J connectivity index is 1.61. The SMILES string of the molecule is O=C(c1ccccc1)[C@H](CCS(=O)(=O)c1ccccc1)Oc1ccccc1C#Cc1ccccc1. The number of hydrogen-bond donors (Lipinski definition) is 0. The highest BCUT2D eigenvalue weighted by molar-refractivity contribution is 7.91. The van der Waals surface area contributed by atoms with E-state index in [-0.39, 0.29) is 22.9 Å². The normalized spacial score (nSPS) is 11.7.